The van der Waals surface area contributed by atoms with E-state index in [1.807, 2.05) is 5.32 Å². The van der Waals surface area contributed by atoms with Crippen molar-refractivity contribution in [1.82, 2.24) is 5.32 Å². The molecule has 1 rings (SSSR count). The van der Waals surface area contributed by atoms with Crippen molar-refractivity contribution < 1.29 is 37.7 Å². The van der Waals surface area contributed by atoms with Crippen LogP contribution in [0.5, 0.6) is 5.75 Å². The molecule has 9 heteroatoms. The molecule has 0 aliphatic heterocycles. The van der Waals surface area contributed by atoms with Gasteiger partial charge in [-0.15, -0.1) is 0 Å². The van der Waals surface area contributed by atoms with E-state index < -0.39 is 53.3 Å². The summed E-state index contributed by atoms with van der Waals surface area (Å²) in [6.07, 6.45) is 0. The molecule has 0 saturated carbocycles. The van der Waals surface area contributed by atoms with Gasteiger partial charge in [0.25, 0.3) is 5.91 Å². The molecular formula is C11H10F3NO5. The molecule has 0 heterocycles. The van der Waals surface area contributed by atoms with Crippen LogP contribution in [0.4, 0.5) is 13.2 Å². The van der Waals surface area contributed by atoms with Crippen LogP contribution in [0.1, 0.15) is 10.4 Å². The second kappa shape index (κ2) is 6.24. The number of aromatic hydroxyl groups is 1. The summed E-state index contributed by atoms with van der Waals surface area (Å²) < 4.78 is 43.5. The van der Waals surface area contributed by atoms with Crippen LogP contribution in [-0.4, -0.2) is 41.8 Å². The van der Waals surface area contributed by atoms with E-state index in [2.05, 4.69) is 4.74 Å². The number of benzene rings is 1. The molecule has 0 spiro atoms. The highest BCUT2D eigenvalue weighted by atomic mass is 19.2. The second-order valence-electron chi connectivity index (χ2n) is 3.61. The topological polar surface area (TPSA) is 95.9 Å². The second-order valence-corrected chi connectivity index (χ2v) is 3.61. The Labute approximate surface area is 110 Å². The summed E-state index contributed by atoms with van der Waals surface area (Å²) in [5.41, 5.74) is -1.02. The van der Waals surface area contributed by atoms with Gasteiger partial charge in [0, 0.05) is 0 Å². The molecule has 1 atom stereocenters. The van der Waals surface area contributed by atoms with Gasteiger partial charge in [0.2, 0.25) is 5.82 Å². The fourth-order valence-electron chi connectivity index (χ4n) is 1.31. The van der Waals surface area contributed by atoms with E-state index in [4.69, 9.17) is 10.2 Å². The Hall–Kier alpha value is -2.29. The van der Waals surface area contributed by atoms with Crippen LogP contribution in [0.2, 0.25) is 0 Å². The molecule has 1 amide bonds. The summed E-state index contributed by atoms with van der Waals surface area (Å²) in [6, 6.07) is -1.30. The molecule has 0 fully saturated rings. The maximum Gasteiger partial charge on any atom is 0.330 e. The lowest BCUT2D eigenvalue weighted by Crippen LogP contribution is -2.44. The Balaban J connectivity index is 3.07. The average molecular weight is 293 g/mol. The minimum atomic E-state index is -1.84. The summed E-state index contributed by atoms with van der Waals surface area (Å²) >= 11 is 0. The number of rotatable bonds is 4. The first-order chi connectivity index (χ1) is 9.33. The number of carbonyl (C=O) groups excluding carboxylic acids is 2. The number of hydrogen-bond acceptors (Lipinski definition) is 5. The quantitative estimate of drug-likeness (QED) is 0.539. The fourth-order valence-corrected chi connectivity index (χ4v) is 1.31. The zero-order valence-corrected chi connectivity index (χ0v) is 10.1. The minimum Gasteiger partial charge on any atom is -0.503 e. The predicted molar refractivity (Wildman–Crippen MR) is 58.3 cm³/mol. The minimum absolute atomic E-state index is 0.214. The molecule has 0 saturated heterocycles. The number of phenols is 1. The molecule has 0 bridgehead atoms. The summed E-state index contributed by atoms with van der Waals surface area (Å²) in [5, 5.41) is 19.7. The van der Waals surface area contributed by atoms with Gasteiger partial charge in [-0.3, -0.25) is 4.79 Å². The molecule has 1 unspecified atom stereocenters. The maximum absolute atomic E-state index is 13.4. The SMILES string of the molecule is COC(=O)C(CO)NC(=O)c1cc(F)c(F)c(O)c1F. The molecule has 0 aliphatic carbocycles. The van der Waals surface area contributed by atoms with Crippen molar-refractivity contribution in [3.05, 3.63) is 29.1 Å². The first kappa shape index (κ1) is 15.8. The van der Waals surface area contributed by atoms with Crippen molar-refractivity contribution in [2.45, 2.75) is 6.04 Å². The number of nitrogens with one attached hydrogen (secondary N) is 1. The first-order valence-corrected chi connectivity index (χ1v) is 5.19. The van der Waals surface area contributed by atoms with Gasteiger partial charge < -0.3 is 20.3 Å². The van der Waals surface area contributed by atoms with E-state index in [-0.39, 0.29) is 6.07 Å². The van der Waals surface area contributed by atoms with Crippen molar-refractivity contribution >= 4 is 11.9 Å². The van der Waals surface area contributed by atoms with Crippen molar-refractivity contribution in [2.24, 2.45) is 0 Å². The molecule has 3 N–H and O–H groups in total. The lowest BCUT2D eigenvalue weighted by Gasteiger charge is -2.14. The maximum atomic E-state index is 13.4. The van der Waals surface area contributed by atoms with Crippen molar-refractivity contribution in [3.8, 4) is 5.75 Å². The highest BCUT2D eigenvalue weighted by Crippen LogP contribution is 2.25. The summed E-state index contributed by atoms with van der Waals surface area (Å²) in [6.45, 7) is -0.851. The molecule has 110 valence electrons. The monoisotopic (exact) mass is 293 g/mol. The fraction of sp³-hybridized carbons (Fsp3) is 0.273. The van der Waals surface area contributed by atoms with E-state index in [1.165, 1.54) is 0 Å². The van der Waals surface area contributed by atoms with Gasteiger partial charge in [-0.25, -0.2) is 13.6 Å². The molecule has 1 aromatic rings. The molecule has 0 radical (unpaired) electrons. The Kier molecular flexibility index (Phi) is 4.92. The van der Waals surface area contributed by atoms with E-state index in [1.54, 1.807) is 0 Å². The van der Waals surface area contributed by atoms with Crippen molar-refractivity contribution in [1.29, 1.82) is 0 Å². The zero-order chi connectivity index (χ0) is 15.4. The van der Waals surface area contributed by atoms with Gasteiger partial charge in [0.05, 0.1) is 19.3 Å². The number of aliphatic hydroxyl groups is 1. The van der Waals surface area contributed by atoms with Gasteiger partial charge in [-0.05, 0) is 6.07 Å². The normalized spacial score (nSPS) is 11.8. The van der Waals surface area contributed by atoms with Crippen LogP contribution < -0.4 is 5.32 Å². The highest BCUT2D eigenvalue weighted by Gasteiger charge is 2.26. The van der Waals surface area contributed by atoms with Gasteiger partial charge in [-0.1, -0.05) is 0 Å². The Morgan fingerprint density at radius 1 is 1.35 bits per heavy atom. The third-order valence-corrected chi connectivity index (χ3v) is 2.35. The molecule has 0 aliphatic rings. The lowest BCUT2D eigenvalue weighted by atomic mass is 10.1. The largest absolute Gasteiger partial charge is 0.503 e. The van der Waals surface area contributed by atoms with E-state index >= 15 is 0 Å². The van der Waals surface area contributed by atoms with E-state index in [9.17, 15) is 22.8 Å². The van der Waals surface area contributed by atoms with Gasteiger partial charge in [-0.2, -0.15) is 4.39 Å². The van der Waals surface area contributed by atoms with Crippen LogP contribution in [0.25, 0.3) is 0 Å². The van der Waals surface area contributed by atoms with Crippen LogP contribution >= 0.6 is 0 Å². The van der Waals surface area contributed by atoms with Gasteiger partial charge >= 0.3 is 5.97 Å². The third-order valence-electron chi connectivity index (χ3n) is 2.35. The average Bonchev–Trinajstić information content (AvgIpc) is 2.45. The van der Waals surface area contributed by atoms with E-state index in [0.29, 0.717) is 0 Å². The summed E-state index contributed by atoms with van der Waals surface area (Å²) in [7, 11) is 0.987. The number of methoxy groups -OCH3 is 1. The number of carbonyl (C=O) groups is 2. The zero-order valence-electron chi connectivity index (χ0n) is 10.1. The van der Waals surface area contributed by atoms with Crippen LogP contribution in [0.15, 0.2) is 6.07 Å². The highest BCUT2D eigenvalue weighted by molar-refractivity contribution is 5.97. The van der Waals surface area contributed by atoms with Crippen LogP contribution in [0.3, 0.4) is 0 Å². The number of amides is 1. The van der Waals surface area contributed by atoms with Crippen molar-refractivity contribution in [2.75, 3.05) is 13.7 Å². The number of halogens is 3. The molecule has 6 nitrogen and oxygen atoms in total. The van der Waals surface area contributed by atoms with Crippen LogP contribution in [-0.2, 0) is 9.53 Å². The number of hydrogen-bond donors (Lipinski definition) is 3. The van der Waals surface area contributed by atoms with Gasteiger partial charge in [0.1, 0.15) is 0 Å². The smallest absolute Gasteiger partial charge is 0.330 e. The molecule has 0 aromatic heterocycles. The first-order valence-electron chi connectivity index (χ1n) is 5.19. The number of aliphatic hydroxyl groups excluding tert-OH is 1. The number of phenolic OH excluding ortho intramolecular Hbond substituents is 1. The molecule has 20 heavy (non-hydrogen) atoms. The molecular weight excluding hydrogens is 283 g/mol. The van der Waals surface area contributed by atoms with Crippen LogP contribution in [0, 0.1) is 17.5 Å². The Morgan fingerprint density at radius 2 is 1.95 bits per heavy atom. The Bertz CT molecular complexity index is 549. The molecule has 1 aromatic carbocycles. The lowest BCUT2D eigenvalue weighted by molar-refractivity contribution is -0.143. The Morgan fingerprint density at radius 3 is 2.45 bits per heavy atom. The summed E-state index contributed by atoms with van der Waals surface area (Å²) in [5.74, 6) is -9.19. The third kappa shape index (κ3) is 2.99. The van der Waals surface area contributed by atoms with Crippen molar-refractivity contribution in [3.63, 3.8) is 0 Å². The number of ether oxygens (including phenoxy) is 1. The van der Waals surface area contributed by atoms with Gasteiger partial charge in [0.15, 0.2) is 23.4 Å². The standard InChI is InChI=1S/C11H10F3NO5/c1-20-11(19)6(3-16)15-10(18)4-2-5(12)8(14)9(17)7(4)13/h2,6,16-17H,3H2,1H3,(H,15,18). The predicted octanol–water partition coefficient (Wildman–Crippen LogP) is 0.0732. The number of esters is 1. The summed E-state index contributed by atoms with van der Waals surface area (Å²) in [4.78, 5) is 22.7. The van der Waals surface area contributed by atoms with E-state index in [0.717, 1.165) is 7.11 Å².